The molecule has 0 atom stereocenters. The topological polar surface area (TPSA) is 99.4 Å². The van der Waals surface area contributed by atoms with Crippen LogP contribution in [0.2, 0.25) is 0 Å². The van der Waals surface area contributed by atoms with Crippen molar-refractivity contribution in [2.75, 3.05) is 5.32 Å². The van der Waals surface area contributed by atoms with Crippen LogP contribution in [0.3, 0.4) is 0 Å². The molecule has 0 aliphatic rings. The highest BCUT2D eigenvalue weighted by Crippen LogP contribution is 2.17. The summed E-state index contributed by atoms with van der Waals surface area (Å²) in [6.45, 7) is 0. The minimum atomic E-state index is -0.394. The maximum absolute atomic E-state index is 11.9. The van der Waals surface area contributed by atoms with Gasteiger partial charge in [0.25, 0.3) is 5.91 Å². The van der Waals surface area contributed by atoms with Gasteiger partial charge in [0.2, 0.25) is 0 Å². The van der Waals surface area contributed by atoms with Crippen LogP contribution in [0.25, 0.3) is 0 Å². The Morgan fingerprint density at radius 3 is 3.00 bits per heavy atom. The van der Waals surface area contributed by atoms with Crippen LogP contribution in [-0.4, -0.2) is 25.9 Å². The number of H-pyrrole nitrogens is 1. The maximum Gasteiger partial charge on any atom is 0.276 e. The van der Waals surface area contributed by atoms with E-state index in [9.17, 15) is 4.79 Å². The number of hydrogen-bond acceptors (Lipinski definition) is 4. The third kappa shape index (κ3) is 2.05. The smallest absolute Gasteiger partial charge is 0.276 e. The van der Waals surface area contributed by atoms with Gasteiger partial charge in [-0.15, -0.1) is 0 Å². The summed E-state index contributed by atoms with van der Waals surface area (Å²) >= 11 is 3.18. The van der Waals surface area contributed by atoms with Crippen LogP contribution >= 0.6 is 15.9 Å². The summed E-state index contributed by atoms with van der Waals surface area (Å²) < 4.78 is 1.97. The number of carbonyl (C=O) groups excluding carboxylic acids is 1. The van der Waals surface area contributed by atoms with Gasteiger partial charge in [-0.2, -0.15) is 15.5 Å². The predicted molar refractivity (Wildman–Crippen MR) is 62.2 cm³/mol. The minimum absolute atomic E-state index is 0.287. The lowest BCUT2D eigenvalue weighted by Gasteiger charge is -2.04. The van der Waals surface area contributed by atoms with Crippen molar-refractivity contribution < 1.29 is 4.79 Å². The second kappa shape index (κ2) is 4.39. The fourth-order valence-corrected chi connectivity index (χ4v) is 1.64. The second-order valence-corrected chi connectivity index (χ2v) is 4.04. The number of aromatic nitrogens is 4. The van der Waals surface area contributed by atoms with Crippen molar-refractivity contribution in [3.63, 3.8) is 0 Å². The highest BCUT2D eigenvalue weighted by Gasteiger charge is 2.16. The van der Waals surface area contributed by atoms with Crippen LogP contribution < -0.4 is 5.32 Å². The van der Waals surface area contributed by atoms with Crippen molar-refractivity contribution >= 4 is 27.7 Å². The summed E-state index contributed by atoms with van der Waals surface area (Å²) in [7, 11) is 1.64. The summed E-state index contributed by atoms with van der Waals surface area (Å²) in [5.41, 5.74) is 0.589. The molecule has 0 spiro atoms. The van der Waals surface area contributed by atoms with Crippen molar-refractivity contribution in [2.24, 2.45) is 7.05 Å². The van der Waals surface area contributed by atoms with Crippen LogP contribution in [0.4, 0.5) is 5.82 Å². The summed E-state index contributed by atoms with van der Waals surface area (Å²) in [4.78, 5) is 11.9. The molecule has 2 heterocycles. The minimum Gasteiger partial charge on any atom is -0.304 e. The lowest BCUT2D eigenvalue weighted by Crippen LogP contribution is -2.16. The van der Waals surface area contributed by atoms with Crippen molar-refractivity contribution in [3.8, 4) is 6.07 Å². The number of aromatic amines is 1. The highest BCUT2D eigenvalue weighted by molar-refractivity contribution is 9.10. The lowest BCUT2D eigenvalue weighted by atomic mass is 10.3. The largest absolute Gasteiger partial charge is 0.304 e. The zero-order chi connectivity index (χ0) is 12.4. The number of carbonyl (C=O) groups is 1. The SMILES string of the molecule is Cn1ncc(C#N)c1NC(=O)c1[nH]ncc1Br. The van der Waals surface area contributed by atoms with Gasteiger partial charge in [-0.3, -0.25) is 14.6 Å². The quantitative estimate of drug-likeness (QED) is 0.864. The molecular weight excluding hydrogens is 288 g/mol. The second-order valence-electron chi connectivity index (χ2n) is 3.19. The molecule has 7 nitrogen and oxygen atoms in total. The number of hydrogen-bond donors (Lipinski definition) is 2. The molecule has 1 amide bonds. The van der Waals surface area contributed by atoms with E-state index in [1.54, 1.807) is 7.05 Å². The first kappa shape index (κ1) is 11.3. The zero-order valence-electron chi connectivity index (χ0n) is 8.73. The fraction of sp³-hybridized carbons (Fsp3) is 0.111. The lowest BCUT2D eigenvalue weighted by molar-refractivity contribution is 0.102. The molecule has 2 aromatic heterocycles. The molecule has 0 radical (unpaired) electrons. The predicted octanol–water partition coefficient (Wildman–Crippen LogP) is 1.03. The maximum atomic E-state index is 11.9. The van der Waals surface area contributed by atoms with Gasteiger partial charge in [-0.1, -0.05) is 0 Å². The number of aryl methyl sites for hydroxylation is 1. The zero-order valence-corrected chi connectivity index (χ0v) is 10.3. The van der Waals surface area contributed by atoms with Crippen molar-refractivity contribution in [1.82, 2.24) is 20.0 Å². The van der Waals surface area contributed by atoms with E-state index in [0.29, 0.717) is 15.9 Å². The number of nitriles is 1. The molecule has 2 aromatic rings. The van der Waals surface area contributed by atoms with E-state index in [4.69, 9.17) is 5.26 Å². The van der Waals surface area contributed by atoms with E-state index in [1.165, 1.54) is 17.1 Å². The average molecular weight is 295 g/mol. The van der Waals surface area contributed by atoms with Crippen molar-refractivity contribution in [2.45, 2.75) is 0 Å². The summed E-state index contributed by atoms with van der Waals surface area (Å²) in [6.07, 6.45) is 2.86. The van der Waals surface area contributed by atoms with Crippen LogP contribution in [-0.2, 0) is 7.05 Å². The summed E-state index contributed by atoms with van der Waals surface area (Å²) in [5.74, 6) is -0.0477. The molecule has 0 aliphatic carbocycles. The van der Waals surface area contributed by atoms with E-state index in [1.807, 2.05) is 6.07 Å². The molecular formula is C9H7BrN6O. The Morgan fingerprint density at radius 1 is 1.65 bits per heavy atom. The number of anilines is 1. The van der Waals surface area contributed by atoms with Gasteiger partial charge in [0, 0.05) is 7.05 Å². The molecule has 2 rings (SSSR count). The molecule has 0 bridgehead atoms. The molecule has 0 aliphatic heterocycles. The molecule has 0 aromatic carbocycles. The first-order chi connectivity index (χ1) is 8.13. The Balaban J connectivity index is 2.28. The molecule has 0 saturated heterocycles. The van der Waals surface area contributed by atoms with Crippen molar-refractivity contribution in [3.05, 3.63) is 28.1 Å². The third-order valence-corrected chi connectivity index (χ3v) is 2.71. The van der Waals surface area contributed by atoms with Gasteiger partial charge in [0.1, 0.15) is 23.1 Å². The van der Waals surface area contributed by atoms with E-state index in [2.05, 4.69) is 36.5 Å². The number of nitrogens with one attached hydrogen (secondary N) is 2. The van der Waals surface area contributed by atoms with Gasteiger partial charge in [-0.05, 0) is 15.9 Å². The number of nitrogens with zero attached hydrogens (tertiary/aromatic N) is 4. The fourth-order valence-electron chi connectivity index (χ4n) is 1.27. The molecule has 86 valence electrons. The standard InChI is InChI=1S/C9H7BrN6O/c1-16-8(5(2-11)3-13-16)14-9(17)7-6(10)4-12-15-7/h3-4H,1H3,(H,12,15)(H,14,17). The van der Waals surface area contributed by atoms with Crippen LogP contribution in [0.5, 0.6) is 0 Å². The van der Waals surface area contributed by atoms with Gasteiger partial charge >= 0.3 is 0 Å². The van der Waals surface area contributed by atoms with Gasteiger partial charge in [0.15, 0.2) is 0 Å². The Hall–Kier alpha value is -2.14. The summed E-state index contributed by atoms with van der Waals surface area (Å²) in [5, 5.41) is 21.6. The van der Waals surface area contributed by atoms with Crippen LogP contribution in [0.15, 0.2) is 16.9 Å². The van der Waals surface area contributed by atoms with E-state index in [0.717, 1.165) is 0 Å². The summed E-state index contributed by atoms with van der Waals surface area (Å²) in [6, 6.07) is 1.95. The normalized spacial score (nSPS) is 9.94. The number of amides is 1. The third-order valence-electron chi connectivity index (χ3n) is 2.11. The molecule has 0 fully saturated rings. The van der Waals surface area contributed by atoms with Crippen LogP contribution in [0.1, 0.15) is 16.1 Å². The molecule has 2 N–H and O–H groups in total. The Labute approximate surface area is 105 Å². The molecule has 0 unspecified atom stereocenters. The van der Waals surface area contributed by atoms with Gasteiger partial charge in [0.05, 0.1) is 16.9 Å². The Morgan fingerprint density at radius 2 is 2.41 bits per heavy atom. The number of halogens is 1. The Kier molecular flexibility index (Phi) is 2.93. The average Bonchev–Trinajstić information content (AvgIpc) is 2.87. The Bertz CT molecular complexity index is 607. The van der Waals surface area contributed by atoms with Gasteiger partial charge in [-0.25, -0.2) is 0 Å². The van der Waals surface area contributed by atoms with Crippen LogP contribution in [0, 0.1) is 11.3 Å². The van der Waals surface area contributed by atoms with Gasteiger partial charge < -0.3 is 5.32 Å². The highest BCUT2D eigenvalue weighted by atomic mass is 79.9. The molecule has 0 saturated carbocycles. The van der Waals surface area contributed by atoms with E-state index < -0.39 is 5.91 Å². The molecule has 8 heteroatoms. The first-order valence-corrected chi connectivity index (χ1v) is 5.35. The van der Waals surface area contributed by atoms with E-state index in [-0.39, 0.29) is 5.69 Å². The van der Waals surface area contributed by atoms with Crippen molar-refractivity contribution in [1.29, 1.82) is 5.26 Å². The number of rotatable bonds is 2. The first-order valence-electron chi connectivity index (χ1n) is 4.55. The molecule has 17 heavy (non-hydrogen) atoms. The monoisotopic (exact) mass is 294 g/mol. The van der Waals surface area contributed by atoms with E-state index >= 15 is 0 Å².